The van der Waals surface area contributed by atoms with E-state index in [0.29, 0.717) is 22.2 Å². The normalized spacial score (nSPS) is 10.4. The highest BCUT2D eigenvalue weighted by atomic mass is 35.5. The summed E-state index contributed by atoms with van der Waals surface area (Å²) in [6.07, 6.45) is 5.87. The van der Waals surface area contributed by atoms with E-state index in [1.807, 2.05) is 0 Å². The van der Waals surface area contributed by atoms with Gasteiger partial charge in [-0.1, -0.05) is 55.8 Å². The van der Waals surface area contributed by atoms with E-state index < -0.39 is 0 Å². The van der Waals surface area contributed by atoms with E-state index in [1.54, 1.807) is 18.2 Å². The fraction of sp³-hybridized carbons (Fsp3) is 0.500. The lowest BCUT2D eigenvalue weighted by molar-refractivity contribution is 0.0953. The van der Waals surface area contributed by atoms with Crippen molar-refractivity contribution in [1.29, 1.82) is 0 Å². The Morgan fingerprint density at radius 2 is 1.89 bits per heavy atom. The van der Waals surface area contributed by atoms with Crippen LogP contribution in [0.2, 0.25) is 10.0 Å². The first kappa shape index (κ1) is 15.3. The minimum absolute atomic E-state index is 0.155. The van der Waals surface area contributed by atoms with E-state index in [4.69, 9.17) is 23.2 Å². The number of carbonyl (C=O) groups is 1. The maximum Gasteiger partial charge on any atom is 0.252 e. The van der Waals surface area contributed by atoms with Gasteiger partial charge in [-0.05, 0) is 24.6 Å². The molecule has 1 rings (SSSR count). The number of rotatable bonds is 7. The van der Waals surface area contributed by atoms with E-state index in [2.05, 4.69) is 12.2 Å². The van der Waals surface area contributed by atoms with Crippen molar-refractivity contribution >= 4 is 29.1 Å². The molecule has 0 fully saturated rings. The zero-order chi connectivity index (χ0) is 13.4. The van der Waals surface area contributed by atoms with E-state index in [9.17, 15) is 4.79 Å². The lowest BCUT2D eigenvalue weighted by Crippen LogP contribution is -2.24. The Hall–Kier alpha value is -0.730. The Labute approximate surface area is 119 Å². The smallest absolute Gasteiger partial charge is 0.252 e. The molecular formula is C14H19Cl2NO. The maximum atomic E-state index is 11.9. The van der Waals surface area contributed by atoms with Gasteiger partial charge in [0.1, 0.15) is 0 Å². The quantitative estimate of drug-likeness (QED) is 0.724. The van der Waals surface area contributed by atoms with E-state index in [1.165, 1.54) is 19.3 Å². The van der Waals surface area contributed by atoms with Crippen LogP contribution in [0.25, 0.3) is 0 Å². The van der Waals surface area contributed by atoms with Crippen molar-refractivity contribution in [2.75, 3.05) is 6.54 Å². The predicted octanol–water partition coefficient (Wildman–Crippen LogP) is 4.69. The third-order valence-corrected chi connectivity index (χ3v) is 3.30. The van der Waals surface area contributed by atoms with Crippen LogP contribution in [-0.4, -0.2) is 12.5 Å². The molecule has 0 atom stereocenters. The number of unbranched alkanes of at least 4 members (excludes halogenated alkanes) is 4. The first-order valence-electron chi connectivity index (χ1n) is 6.38. The Morgan fingerprint density at radius 1 is 1.17 bits per heavy atom. The van der Waals surface area contributed by atoms with Gasteiger partial charge in [-0.3, -0.25) is 4.79 Å². The fourth-order valence-corrected chi connectivity index (χ4v) is 2.07. The minimum atomic E-state index is -0.155. The number of halogens is 2. The van der Waals surface area contributed by atoms with Crippen molar-refractivity contribution < 1.29 is 4.79 Å². The van der Waals surface area contributed by atoms with Gasteiger partial charge in [0.2, 0.25) is 0 Å². The van der Waals surface area contributed by atoms with Crippen molar-refractivity contribution in [2.24, 2.45) is 0 Å². The fourth-order valence-electron chi connectivity index (χ4n) is 1.70. The molecular weight excluding hydrogens is 269 g/mol. The van der Waals surface area contributed by atoms with Gasteiger partial charge in [0, 0.05) is 11.6 Å². The molecule has 0 aliphatic carbocycles. The zero-order valence-electron chi connectivity index (χ0n) is 10.6. The maximum absolute atomic E-state index is 11.9. The minimum Gasteiger partial charge on any atom is -0.352 e. The summed E-state index contributed by atoms with van der Waals surface area (Å²) in [6, 6.07) is 4.90. The average molecular weight is 288 g/mol. The second-order valence-corrected chi connectivity index (χ2v) is 5.14. The predicted molar refractivity (Wildman–Crippen MR) is 77.6 cm³/mol. The molecule has 2 nitrogen and oxygen atoms in total. The van der Waals surface area contributed by atoms with Crippen molar-refractivity contribution in [3.05, 3.63) is 33.8 Å². The molecule has 0 heterocycles. The average Bonchev–Trinajstić information content (AvgIpc) is 2.36. The van der Waals surface area contributed by atoms with Crippen LogP contribution in [0.3, 0.4) is 0 Å². The van der Waals surface area contributed by atoms with Gasteiger partial charge in [0.15, 0.2) is 0 Å². The molecule has 0 aliphatic rings. The lowest BCUT2D eigenvalue weighted by atomic mass is 10.1. The first-order chi connectivity index (χ1) is 8.65. The molecule has 1 aromatic carbocycles. The molecule has 0 saturated carbocycles. The molecule has 18 heavy (non-hydrogen) atoms. The second-order valence-electron chi connectivity index (χ2n) is 4.29. The summed E-state index contributed by atoms with van der Waals surface area (Å²) < 4.78 is 0. The topological polar surface area (TPSA) is 29.1 Å². The van der Waals surface area contributed by atoms with Gasteiger partial charge >= 0.3 is 0 Å². The Morgan fingerprint density at radius 3 is 2.61 bits per heavy atom. The van der Waals surface area contributed by atoms with E-state index in [0.717, 1.165) is 12.8 Å². The summed E-state index contributed by atoms with van der Waals surface area (Å²) in [5.74, 6) is -0.155. The number of nitrogens with one attached hydrogen (secondary N) is 1. The highest BCUT2D eigenvalue weighted by Crippen LogP contribution is 2.20. The number of carbonyl (C=O) groups excluding carboxylic acids is 1. The second kappa shape index (κ2) is 8.39. The van der Waals surface area contributed by atoms with E-state index in [-0.39, 0.29) is 5.91 Å². The Balaban J connectivity index is 2.34. The van der Waals surface area contributed by atoms with Gasteiger partial charge in [0.25, 0.3) is 5.91 Å². The van der Waals surface area contributed by atoms with Crippen LogP contribution < -0.4 is 5.32 Å². The Kier molecular flexibility index (Phi) is 7.14. The van der Waals surface area contributed by atoms with Crippen LogP contribution in [-0.2, 0) is 0 Å². The van der Waals surface area contributed by atoms with Gasteiger partial charge in [-0.2, -0.15) is 0 Å². The SMILES string of the molecule is CCCCCCCNC(=O)c1cc(Cl)ccc1Cl. The summed E-state index contributed by atoms with van der Waals surface area (Å²) in [6.45, 7) is 2.87. The standard InChI is InChI=1S/C14H19Cl2NO/c1-2-3-4-5-6-9-17-14(18)12-10-11(15)7-8-13(12)16/h7-8,10H,2-6,9H2,1H3,(H,17,18). The molecule has 0 spiro atoms. The number of hydrogen-bond acceptors (Lipinski definition) is 1. The molecule has 4 heteroatoms. The lowest BCUT2D eigenvalue weighted by Gasteiger charge is -2.07. The molecule has 0 aromatic heterocycles. The molecule has 1 N–H and O–H groups in total. The van der Waals surface area contributed by atoms with Gasteiger partial charge < -0.3 is 5.32 Å². The van der Waals surface area contributed by atoms with Gasteiger partial charge in [-0.15, -0.1) is 0 Å². The summed E-state index contributed by atoms with van der Waals surface area (Å²) in [7, 11) is 0. The van der Waals surface area contributed by atoms with Crippen molar-refractivity contribution in [1.82, 2.24) is 5.32 Å². The highest BCUT2D eigenvalue weighted by molar-refractivity contribution is 6.35. The van der Waals surface area contributed by atoms with Crippen LogP contribution in [0, 0.1) is 0 Å². The Bertz CT molecular complexity index is 393. The largest absolute Gasteiger partial charge is 0.352 e. The molecule has 1 aromatic rings. The number of hydrogen-bond donors (Lipinski definition) is 1. The summed E-state index contributed by atoms with van der Waals surface area (Å²) >= 11 is 11.8. The third-order valence-electron chi connectivity index (χ3n) is 2.74. The van der Waals surface area contributed by atoms with Crippen LogP contribution >= 0.6 is 23.2 Å². The van der Waals surface area contributed by atoms with E-state index >= 15 is 0 Å². The van der Waals surface area contributed by atoms with Crippen molar-refractivity contribution in [2.45, 2.75) is 39.0 Å². The zero-order valence-corrected chi connectivity index (χ0v) is 12.2. The van der Waals surface area contributed by atoms with Crippen molar-refractivity contribution in [3.63, 3.8) is 0 Å². The molecule has 0 radical (unpaired) electrons. The third kappa shape index (κ3) is 5.28. The van der Waals surface area contributed by atoms with Crippen LogP contribution in [0.15, 0.2) is 18.2 Å². The van der Waals surface area contributed by atoms with Crippen molar-refractivity contribution in [3.8, 4) is 0 Å². The molecule has 0 unspecified atom stereocenters. The first-order valence-corrected chi connectivity index (χ1v) is 7.14. The highest BCUT2D eigenvalue weighted by Gasteiger charge is 2.09. The van der Waals surface area contributed by atoms with Crippen LogP contribution in [0.4, 0.5) is 0 Å². The molecule has 1 amide bonds. The molecule has 100 valence electrons. The molecule has 0 saturated heterocycles. The van der Waals surface area contributed by atoms with Gasteiger partial charge in [-0.25, -0.2) is 0 Å². The van der Waals surface area contributed by atoms with Gasteiger partial charge in [0.05, 0.1) is 10.6 Å². The number of benzene rings is 1. The monoisotopic (exact) mass is 287 g/mol. The van der Waals surface area contributed by atoms with Crippen LogP contribution in [0.5, 0.6) is 0 Å². The summed E-state index contributed by atoms with van der Waals surface area (Å²) in [4.78, 5) is 11.9. The molecule has 0 aliphatic heterocycles. The summed E-state index contributed by atoms with van der Waals surface area (Å²) in [5, 5.41) is 3.82. The summed E-state index contributed by atoms with van der Waals surface area (Å²) in [5.41, 5.74) is 0.442. The number of amides is 1. The molecule has 0 bridgehead atoms. The van der Waals surface area contributed by atoms with Crippen LogP contribution in [0.1, 0.15) is 49.4 Å².